The van der Waals surface area contributed by atoms with Crippen LogP contribution in [0.1, 0.15) is 45.0 Å². The second-order valence-electron chi connectivity index (χ2n) is 7.54. The third kappa shape index (κ3) is 5.98. The van der Waals surface area contributed by atoms with Crippen LogP contribution in [-0.2, 0) is 0 Å². The van der Waals surface area contributed by atoms with Crippen LogP contribution in [0.15, 0.2) is 36.4 Å². The van der Waals surface area contributed by atoms with Crippen molar-refractivity contribution in [2.45, 2.75) is 34.6 Å². The summed E-state index contributed by atoms with van der Waals surface area (Å²) in [5, 5.41) is 0.658. The molecule has 0 aliphatic carbocycles. The van der Waals surface area contributed by atoms with Crippen molar-refractivity contribution in [1.29, 1.82) is 0 Å². The fourth-order valence-corrected chi connectivity index (χ4v) is 4.71. The van der Waals surface area contributed by atoms with Crippen LogP contribution < -0.4 is 19.1 Å². The smallest absolute Gasteiger partial charge is 0.260 e. The number of fused-ring (bicyclic) bond motifs is 1. The number of benzene rings is 2. The average molecular weight is 486 g/mol. The lowest BCUT2D eigenvalue weighted by Gasteiger charge is -2.25. The molecule has 7 nitrogen and oxygen atoms in total. The van der Waals surface area contributed by atoms with Crippen molar-refractivity contribution < 1.29 is 19.0 Å². The minimum Gasteiger partial charge on any atom is -0.492 e. The minimum atomic E-state index is -0.117. The predicted octanol–water partition coefficient (Wildman–Crippen LogP) is 5.48. The number of nitrogens with zero attached hydrogens (tertiary/aromatic N) is 3. The highest BCUT2D eigenvalue weighted by Gasteiger charge is 2.24. The number of anilines is 1. The fourth-order valence-electron chi connectivity index (χ4n) is 3.70. The van der Waals surface area contributed by atoms with Crippen molar-refractivity contribution in [2.75, 3.05) is 50.9 Å². The molecule has 0 unspecified atom stereocenters. The van der Waals surface area contributed by atoms with Crippen LogP contribution in [0.25, 0.3) is 10.2 Å². The number of aromatic nitrogens is 1. The van der Waals surface area contributed by atoms with Gasteiger partial charge in [0.05, 0.1) is 24.5 Å². The lowest BCUT2D eigenvalue weighted by Crippen LogP contribution is -2.38. The van der Waals surface area contributed by atoms with E-state index in [-0.39, 0.29) is 5.91 Å². The largest absolute Gasteiger partial charge is 0.492 e. The first-order valence-electron chi connectivity index (χ1n) is 12.0. The van der Waals surface area contributed by atoms with Gasteiger partial charge in [-0.15, -0.1) is 0 Å². The van der Waals surface area contributed by atoms with Gasteiger partial charge in [0.2, 0.25) is 0 Å². The lowest BCUT2D eigenvalue weighted by molar-refractivity contribution is 0.0983. The van der Waals surface area contributed by atoms with Gasteiger partial charge in [0.25, 0.3) is 5.91 Å². The lowest BCUT2D eigenvalue weighted by atomic mass is 10.1. The summed E-state index contributed by atoms with van der Waals surface area (Å²) in [5.41, 5.74) is 1.32. The van der Waals surface area contributed by atoms with E-state index < -0.39 is 0 Å². The Morgan fingerprint density at radius 1 is 0.853 bits per heavy atom. The van der Waals surface area contributed by atoms with E-state index in [2.05, 4.69) is 18.7 Å². The number of likely N-dealkylation sites (N-methyl/N-ethyl adjacent to an activating group) is 1. The Bertz CT molecular complexity index is 1080. The number of thiazole rings is 1. The molecule has 0 saturated carbocycles. The number of carbonyl (C=O) groups is 1. The number of hydrogen-bond donors (Lipinski definition) is 0. The summed E-state index contributed by atoms with van der Waals surface area (Å²) in [5.74, 6) is 1.82. The fraction of sp³-hybridized carbons (Fsp3) is 0.462. The van der Waals surface area contributed by atoms with Gasteiger partial charge in [0, 0.05) is 18.7 Å². The molecule has 0 bridgehead atoms. The van der Waals surface area contributed by atoms with Crippen LogP contribution in [0.5, 0.6) is 17.2 Å². The Morgan fingerprint density at radius 2 is 1.53 bits per heavy atom. The summed E-state index contributed by atoms with van der Waals surface area (Å²) in [6.07, 6.45) is 0. The number of rotatable bonds is 13. The molecule has 1 aromatic heterocycles. The third-order valence-electron chi connectivity index (χ3n) is 5.47. The van der Waals surface area contributed by atoms with E-state index in [1.165, 1.54) is 11.3 Å². The molecule has 0 aliphatic heterocycles. The quantitative estimate of drug-likeness (QED) is 0.319. The minimum absolute atomic E-state index is 0.117. The molecule has 0 atom stereocenters. The molecule has 1 amide bonds. The van der Waals surface area contributed by atoms with Crippen LogP contribution >= 0.6 is 11.3 Å². The zero-order valence-corrected chi connectivity index (χ0v) is 21.6. The van der Waals surface area contributed by atoms with Crippen LogP contribution in [0.4, 0.5) is 5.13 Å². The second-order valence-corrected chi connectivity index (χ2v) is 8.55. The molecule has 1 heterocycles. The highest BCUT2D eigenvalue weighted by atomic mass is 32.1. The molecule has 2 aromatic carbocycles. The molecular weight excluding hydrogens is 450 g/mol. The molecular formula is C26H35N3O4S. The summed E-state index contributed by atoms with van der Waals surface area (Å²) >= 11 is 1.50. The molecule has 0 fully saturated rings. The SMILES string of the molecule is CCOc1ccc(C(=O)N(CCN(CC)CC)c2nc3c(OCC)cccc3s2)cc1OCC. The first kappa shape index (κ1) is 25.8. The van der Waals surface area contributed by atoms with E-state index in [0.29, 0.717) is 48.6 Å². The normalized spacial score (nSPS) is 11.1. The van der Waals surface area contributed by atoms with Crippen molar-refractivity contribution >= 4 is 32.6 Å². The number of carbonyl (C=O) groups excluding carboxylic acids is 1. The third-order valence-corrected chi connectivity index (χ3v) is 6.51. The van der Waals surface area contributed by atoms with E-state index in [0.717, 1.165) is 35.6 Å². The van der Waals surface area contributed by atoms with Gasteiger partial charge in [-0.05, 0) is 64.2 Å². The zero-order chi connectivity index (χ0) is 24.5. The molecule has 184 valence electrons. The van der Waals surface area contributed by atoms with Crippen LogP contribution in [0, 0.1) is 0 Å². The number of para-hydroxylation sites is 1. The van der Waals surface area contributed by atoms with Gasteiger partial charge < -0.3 is 19.1 Å². The maximum Gasteiger partial charge on any atom is 0.260 e. The van der Waals surface area contributed by atoms with Gasteiger partial charge in [-0.25, -0.2) is 4.98 Å². The highest BCUT2D eigenvalue weighted by molar-refractivity contribution is 7.22. The van der Waals surface area contributed by atoms with E-state index in [1.807, 2.05) is 39.0 Å². The molecule has 0 radical (unpaired) electrons. The van der Waals surface area contributed by atoms with Gasteiger partial charge in [0.15, 0.2) is 16.6 Å². The number of hydrogen-bond acceptors (Lipinski definition) is 7. The first-order chi connectivity index (χ1) is 16.6. The van der Waals surface area contributed by atoms with E-state index >= 15 is 0 Å². The van der Waals surface area contributed by atoms with Crippen molar-refractivity contribution in [1.82, 2.24) is 9.88 Å². The first-order valence-corrected chi connectivity index (χ1v) is 12.8. The monoisotopic (exact) mass is 485 g/mol. The Hall–Kier alpha value is -2.84. The Kier molecular flexibility index (Phi) is 9.53. The van der Waals surface area contributed by atoms with Gasteiger partial charge >= 0.3 is 0 Å². The predicted molar refractivity (Wildman–Crippen MR) is 139 cm³/mol. The van der Waals surface area contributed by atoms with Gasteiger partial charge in [0.1, 0.15) is 11.3 Å². The second kappa shape index (κ2) is 12.6. The van der Waals surface area contributed by atoms with E-state index in [9.17, 15) is 4.79 Å². The maximum absolute atomic E-state index is 13.8. The molecule has 34 heavy (non-hydrogen) atoms. The number of amides is 1. The van der Waals surface area contributed by atoms with Gasteiger partial charge in [-0.1, -0.05) is 31.3 Å². The summed E-state index contributed by atoms with van der Waals surface area (Å²) in [4.78, 5) is 22.7. The molecule has 3 aromatic rings. The molecule has 0 aliphatic rings. The Balaban J connectivity index is 2.01. The van der Waals surface area contributed by atoms with E-state index in [4.69, 9.17) is 19.2 Å². The van der Waals surface area contributed by atoms with Crippen molar-refractivity contribution in [2.24, 2.45) is 0 Å². The topological polar surface area (TPSA) is 64.1 Å². The maximum atomic E-state index is 13.8. The molecule has 8 heteroatoms. The van der Waals surface area contributed by atoms with Crippen LogP contribution in [0.2, 0.25) is 0 Å². The summed E-state index contributed by atoms with van der Waals surface area (Å²) < 4.78 is 18.2. The Morgan fingerprint density at radius 3 is 2.21 bits per heavy atom. The number of ether oxygens (including phenoxy) is 3. The average Bonchev–Trinajstić information content (AvgIpc) is 3.28. The molecule has 0 spiro atoms. The van der Waals surface area contributed by atoms with Crippen molar-refractivity contribution in [3.05, 3.63) is 42.0 Å². The van der Waals surface area contributed by atoms with Crippen LogP contribution in [0.3, 0.4) is 0 Å². The van der Waals surface area contributed by atoms with Crippen molar-refractivity contribution in [3.8, 4) is 17.2 Å². The highest BCUT2D eigenvalue weighted by Crippen LogP contribution is 2.35. The Labute approximate surface area is 206 Å². The molecule has 0 N–H and O–H groups in total. The van der Waals surface area contributed by atoms with Crippen LogP contribution in [-0.4, -0.2) is 61.8 Å². The molecule has 0 saturated heterocycles. The van der Waals surface area contributed by atoms with Gasteiger partial charge in [-0.3, -0.25) is 9.69 Å². The van der Waals surface area contributed by atoms with Gasteiger partial charge in [-0.2, -0.15) is 0 Å². The summed E-state index contributed by atoms with van der Waals surface area (Å²) in [7, 11) is 0. The zero-order valence-electron chi connectivity index (χ0n) is 20.8. The standard InChI is InChI=1S/C26H35N3O4S/c1-6-28(7-2)16-17-29(26-27-24-21(32-9-4)12-11-13-23(24)34-26)25(30)19-14-15-20(31-8-3)22(18-19)33-10-5/h11-15,18H,6-10,16-17H2,1-5H3. The molecule has 3 rings (SSSR count). The summed E-state index contributed by atoms with van der Waals surface area (Å²) in [6.45, 7) is 14.7. The van der Waals surface area contributed by atoms with Crippen molar-refractivity contribution in [3.63, 3.8) is 0 Å². The van der Waals surface area contributed by atoms with E-state index in [1.54, 1.807) is 23.1 Å². The summed E-state index contributed by atoms with van der Waals surface area (Å²) in [6, 6.07) is 11.2.